The van der Waals surface area contributed by atoms with E-state index in [2.05, 4.69) is 20.7 Å². The van der Waals surface area contributed by atoms with Crippen LogP contribution in [-0.2, 0) is 11.3 Å². The third kappa shape index (κ3) is 3.03. The number of amides is 1. The van der Waals surface area contributed by atoms with Crippen LogP contribution in [0.1, 0.15) is 19.7 Å². The molecule has 1 aliphatic rings. The molecule has 0 saturated carbocycles. The average molecular weight is 313 g/mol. The fourth-order valence-corrected chi connectivity index (χ4v) is 2.46. The maximum atomic E-state index is 12.6. The van der Waals surface area contributed by atoms with E-state index in [-0.39, 0.29) is 5.91 Å². The summed E-state index contributed by atoms with van der Waals surface area (Å²) in [6.07, 6.45) is 0. The van der Waals surface area contributed by atoms with Gasteiger partial charge in [0.25, 0.3) is 5.91 Å². The van der Waals surface area contributed by atoms with Crippen molar-refractivity contribution in [1.29, 1.82) is 0 Å². The molecular formula is C16H19N5O2. The molecule has 1 amide bonds. The molecule has 2 N–H and O–H groups in total. The van der Waals surface area contributed by atoms with Gasteiger partial charge in [-0.3, -0.25) is 4.79 Å². The highest BCUT2D eigenvalue weighted by Crippen LogP contribution is 2.26. The Labute approximate surface area is 134 Å². The number of aryl methyl sites for hydroxylation is 1. The minimum atomic E-state index is -0.180. The van der Waals surface area contributed by atoms with Gasteiger partial charge in [-0.2, -0.15) is 10.1 Å². The lowest BCUT2D eigenvalue weighted by atomic mass is 10.1. The molecule has 2 heterocycles. The number of fused-ring (bicyclic) bond motifs is 1. The van der Waals surface area contributed by atoms with Crippen LogP contribution in [0.25, 0.3) is 0 Å². The number of para-hydroxylation sites is 2. The smallest absolute Gasteiger partial charge is 0.255 e. The summed E-state index contributed by atoms with van der Waals surface area (Å²) in [5.41, 5.74) is 2.05. The summed E-state index contributed by atoms with van der Waals surface area (Å²) in [5.74, 6) is 1.80. The number of allylic oxidation sites excluding steroid dienone is 1. The fraction of sp³-hybridized carbons (Fsp3) is 0.312. The van der Waals surface area contributed by atoms with E-state index in [1.807, 2.05) is 45.0 Å². The van der Waals surface area contributed by atoms with E-state index in [1.54, 1.807) is 4.68 Å². The number of nitrogens with one attached hydrogen (secondary N) is 2. The number of anilines is 2. The van der Waals surface area contributed by atoms with Crippen LogP contribution < -0.4 is 15.4 Å². The predicted molar refractivity (Wildman–Crippen MR) is 87.3 cm³/mol. The third-order valence-electron chi connectivity index (χ3n) is 3.55. The van der Waals surface area contributed by atoms with Crippen LogP contribution in [0.5, 0.6) is 5.75 Å². The first-order valence-corrected chi connectivity index (χ1v) is 7.50. The van der Waals surface area contributed by atoms with Gasteiger partial charge in [0.05, 0.1) is 24.4 Å². The van der Waals surface area contributed by atoms with Crippen LogP contribution in [0.15, 0.2) is 35.5 Å². The van der Waals surface area contributed by atoms with Crippen LogP contribution >= 0.6 is 0 Å². The first kappa shape index (κ1) is 15.1. The SMILES string of the molecule is CCOc1ccccc1NC(=O)C1=C(C)Nc2nc(C)nn2C1. The van der Waals surface area contributed by atoms with Crippen molar-refractivity contribution in [2.24, 2.45) is 0 Å². The predicted octanol–water partition coefficient (Wildman–Crippen LogP) is 2.32. The fourth-order valence-electron chi connectivity index (χ4n) is 2.46. The number of hydrogen-bond acceptors (Lipinski definition) is 5. The maximum absolute atomic E-state index is 12.6. The molecule has 3 rings (SSSR count). The highest BCUT2D eigenvalue weighted by Gasteiger charge is 2.23. The second-order valence-corrected chi connectivity index (χ2v) is 5.25. The van der Waals surface area contributed by atoms with Gasteiger partial charge >= 0.3 is 0 Å². The topological polar surface area (TPSA) is 81.1 Å². The molecule has 0 aliphatic carbocycles. The first-order chi connectivity index (χ1) is 11.1. The van der Waals surface area contributed by atoms with Crippen LogP contribution in [0.3, 0.4) is 0 Å². The molecule has 0 radical (unpaired) electrons. The summed E-state index contributed by atoms with van der Waals surface area (Å²) in [7, 11) is 0. The van der Waals surface area contributed by atoms with Gasteiger partial charge in [0.15, 0.2) is 0 Å². The molecule has 23 heavy (non-hydrogen) atoms. The summed E-state index contributed by atoms with van der Waals surface area (Å²) in [6.45, 7) is 6.51. The Balaban J connectivity index is 1.81. The van der Waals surface area contributed by atoms with Gasteiger partial charge in [-0.1, -0.05) is 12.1 Å². The van der Waals surface area contributed by atoms with Crippen LogP contribution in [0.2, 0.25) is 0 Å². The molecule has 0 fully saturated rings. The second kappa shape index (κ2) is 6.12. The van der Waals surface area contributed by atoms with E-state index >= 15 is 0 Å². The number of aromatic nitrogens is 3. The lowest BCUT2D eigenvalue weighted by Crippen LogP contribution is -2.26. The zero-order valence-corrected chi connectivity index (χ0v) is 13.4. The van der Waals surface area contributed by atoms with E-state index in [0.29, 0.717) is 41.9 Å². The van der Waals surface area contributed by atoms with E-state index in [0.717, 1.165) is 5.70 Å². The van der Waals surface area contributed by atoms with Crippen molar-refractivity contribution in [2.45, 2.75) is 27.3 Å². The van der Waals surface area contributed by atoms with Gasteiger partial charge in [-0.15, -0.1) is 0 Å². The quantitative estimate of drug-likeness (QED) is 0.905. The monoisotopic (exact) mass is 313 g/mol. The Bertz CT molecular complexity index is 779. The normalized spacial score (nSPS) is 13.3. The number of ether oxygens (including phenoxy) is 1. The van der Waals surface area contributed by atoms with E-state index in [4.69, 9.17) is 4.74 Å². The Morgan fingerprint density at radius 2 is 2.17 bits per heavy atom. The molecule has 7 heteroatoms. The summed E-state index contributed by atoms with van der Waals surface area (Å²) < 4.78 is 7.22. The van der Waals surface area contributed by atoms with Crippen LogP contribution in [-0.4, -0.2) is 27.3 Å². The molecule has 1 aromatic heterocycles. The minimum absolute atomic E-state index is 0.180. The average Bonchev–Trinajstić information content (AvgIpc) is 2.87. The second-order valence-electron chi connectivity index (χ2n) is 5.25. The van der Waals surface area contributed by atoms with E-state index in [9.17, 15) is 4.79 Å². The van der Waals surface area contributed by atoms with Crippen molar-refractivity contribution in [2.75, 3.05) is 17.2 Å². The number of carbonyl (C=O) groups is 1. The van der Waals surface area contributed by atoms with Gasteiger partial charge in [-0.05, 0) is 32.9 Å². The molecule has 0 spiro atoms. The molecule has 0 bridgehead atoms. The van der Waals surface area contributed by atoms with Crippen molar-refractivity contribution in [1.82, 2.24) is 14.8 Å². The van der Waals surface area contributed by atoms with Crippen molar-refractivity contribution in [3.63, 3.8) is 0 Å². The molecule has 0 atom stereocenters. The minimum Gasteiger partial charge on any atom is -0.492 e. The van der Waals surface area contributed by atoms with Crippen molar-refractivity contribution >= 4 is 17.5 Å². The van der Waals surface area contributed by atoms with Gasteiger partial charge in [0.2, 0.25) is 5.95 Å². The summed E-state index contributed by atoms with van der Waals surface area (Å²) in [6, 6.07) is 7.38. The first-order valence-electron chi connectivity index (χ1n) is 7.50. The Morgan fingerprint density at radius 3 is 2.96 bits per heavy atom. The summed E-state index contributed by atoms with van der Waals surface area (Å²) >= 11 is 0. The van der Waals surface area contributed by atoms with Gasteiger partial charge in [0.1, 0.15) is 11.6 Å². The molecule has 0 unspecified atom stereocenters. The molecule has 1 aliphatic heterocycles. The van der Waals surface area contributed by atoms with Gasteiger partial charge in [-0.25, -0.2) is 4.68 Å². The molecule has 0 saturated heterocycles. The number of hydrogen-bond donors (Lipinski definition) is 2. The Hall–Kier alpha value is -2.83. The maximum Gasteiger partial charge on any atom is 0.255 e. The highest BCUT2D eigenvalue weighted by atomic mass is 16.5. The van der Waals surface area contributed by atoms with Crippen molar-refractivity contribution < 1.29 is 9.53 Å². The van der Waals surface area contributed by atoms with Crippen molar-refractivity contribution in [3.8, 4) is 5.75 Å². The molecule has 2 aromatic rings. The highest BCUT2D eigenvalue weighted by molar-refractivity contribution is 6.05. The Morgan fingerprint density at radius 1 is 1.39 bits per heavy atom. The van der Waals surface area contributed by atoms with E-state index < -0.39 is 0 Å². The summed E-state index contributed by atoms with van der Waals surface area (Å²) in [4.78, 5) is 16.9. The zero-order valence-electron chi connectivity index (χ0n) is 13.4. The largest absolute Gasteiger partial charge is 0.492 e. The standard InChI is InChI=1S/C16H19N5O2/c1-4-23-14-8-6-5-7-13(14)19-15(22)12-9-21-16(17-10(12)2)18-11(3)20-21/h5-8H,4,9H2,1-3H3,(H,19,22)(H,17,18,20). The van der Waals surface area contributed by atoms with E-state index in [1.165, 1.54) is 0 Å². The molecule has 1 aromatic carbocycles. The molecular weight excluding hydrogens is 294 g/mol. The molecule has 7 nitrogen and oxygen atoms in total. The van der Waals surface area contributed by atoms with Crippen LogP contribution in [0.4, 0.5) is 11.6 Å². The number of carbonyl (C=O) groups excluding carboxylic acids is 1. The van der Waals surface area contributed by atoms with Gasteiger partial charge < -0.3 is 15.4 Å². The van der Waals surface area contributed by atoms with Crippen LogP contribution in [0, 0.1) is 6.92 Å². The van der Waals surface area contributed by atoms with Gasteiger partial charge in [0, 0.05) is 5.70 Å². The zero-order chi connectivity index (χ0) is 16.4. The molecule has 120 valence electrons. The number of rotatable bonds is 4. The lowest BCUT2D eigenvalue weighted by molar-refractivity contribution is -0.113. The summed E-state index contributed by atoms with van der Waals surface area (Å²) in [5, 5.41) is 10.3. The van der Waals surface area contributed by atoms with Crippen molar-refractivity contribution in [3.05, 3.63) is 41.4 Å². The third-order valence-corrected chi connectivity index (χ3v) is 3.55. The number of nitrogens with zero attached hydrogens (tertiary/aromatic N) is 3. The number of benzene rings is 1. The Kier molecular flexibility index (Phi) is 4.01. The lowest BCUT2D eigenvalue weighted by Gasteiger charge is -2.20.